The molecule has 0 bridgehead atoms. The van der Waals surface area contributed by atoms with Gasteiger partial charge in [-0.2, -0.15) is 0 Å². The van der Waals surface area contributed by atoms with Crippen LogP contribution in [0.15, 0.2) is 59.0 Å². The van der Waals surface area contributed by atoms with Crippen molar-refractivity contribution < 1.29 is 23.7 Å². The molecule has 9 heteroatoms. The normalized spacial score (nSPS) is 10.4. The summed E-state index contributed by atoms with van der Waals surface area (Å²) in [5.41, 5.74) is 0.716. The number of benzene rings is 2. The second-order valence-corrected chi connectivity index (χ2v) is 5.98. The van der Waals surface area contributed by atoms with Gasteiger partial charge in [-0.25, -0.2) is 4.79 Å². The molecule has 0 aliphatic rings. The molecule has 3 rings (SSSR count). The molecule has 0 aliphatic heterocycles. The van der Waals surface area contributed by atoms with Crippen molar-refractivity contribution in [2.75, 3.05) is 12.4 Å². The molecule has 1 heterocycles. The molecule has 1 N–H and O–H groups in total. The lowest BCUT2D eigenvalue weighted by Crippen LogP contribution is -2.14. The molecule has 0 saturated carbocycles. The number of halogens is 1. The summed E-state index contributed by atoms with van der Waals surface area (Å²) in [6.07, 6.45) is 0. The molecule has 3 aromatic rings. The Hall–Kier alpha value is -3.65. The fraction of sp³-hybridized carbons (Fsp3) is 0.0526. The zero-order valence-electron chi connectivity index (χ0n) is 14.5. The molecule has 28 heavy (non-hydrogen) atoms. The number of esters is 1. The van der Waals surface area contributed by atoms with E-state index in [0.717, 1.165) is 0 Å². The number of ether oxygens (including phenoxy) is 1. The number of carbonyl (C=O) groups excluding carboxylic acids is 2. The van der Waals surface area contributed by atoms with Gasteiger partial charge in [-0.1, -0.05) is 23.7 Å². The van der Waals surface area contributed by atoms with Gasteiger partial charge in [0, 0.05) is 17.7 Å². The molecular weight excluding hydrogens is 388 g/mol. The Labute approximate surface area is 163 Å². The third kappa shape index (κ3) is 3.86. The fourth-order valence-corrected chi connectivity index (χ4v) is 2.75. The SMILES string of the molecule is COC(=O)c1ccccc1NC(=O)c1ccc(-c2ccc([N+](=O)[O-])cc2Cl)o1. The van der Waals surface area contributed by atoms with Gasteiger partial charge in [0.2, 0.25) is 0 Å². The van der Waals surface area contributed by atoms with Crippen molar-refractivity contribution in [3.63, 3.8) is 0 Å². The van der Waals surface area contributed by atoms with Crippen molar-refractivity contribution >= 4 is 34.9 Å². The van der Waals surface area contributed by atoms with Gasteiger partial charge in [-0.15, -0.1) is 0 Å². The number of rotatable bonds is 5. The summed E-state index contributed by atoms with van der Waals surface area (Å²) < 4.78 is 10.2. The maximum atomic E-state index is 12.5. The van der Waals surface area contributed by atoms with E-state index in [1.54, 1.807) is 18.2 Å². The van der Waals surface area contributed by atoms with Crippen LogP contribution >= 0.6 is 11.6 Å². The van der Waals surface area contributed by atoms with Crippen molar-refractivity contribution in [3.8, 4) is 11.3 Å². The van der Waals surface area contributed by atoms with Crippen LogP contribution in [0.2, 0.25) is 5.02 Å². The van der Waals surface area contributed by atoms with Crippen LogP contribution in [-0.4, -0.2) is 23.9 Å². The Morgan fingerprint density at radius 3 is 2.57 bits per heavy atom. The number of furan rings is 1. The lowest BCUT2D eigenvalue weighted by atomic mass is 10.1. The third-order valence-electron chi connectivity index (χ3n) is 3.84. The standard InChI is InChI=1S/C19H13ClN2O6/c1-27-19(24)13-4-2-3-5-15(13)21-18(23)17-9-8-16(28-17)12-7-6-11(22(25)26)10-14(12)20/h2-10H,1H3,(H,21,23). The van der Waals surface area contributed by atoms with E-state index in [4.69, 9.17) is 16.0 Å². The highest BCUT2D eigenvalue weighted by molar-refractivity contribution is 6.33. The number of nitro benzene ring substituents is 1. The average Bonchev–Trinajstić information content (AvgIpc) is 3.17. The Balaban J connectivity index is 1.84. The number of anilines is 1. The number of carbonyl (C=O) groups is 2. The molecule has 0 unspecified atom stereocenters. The first-order valence-electron chi connectivity index (χ1n) is 7.93. The lowest BCUT2D eigenvalue weighted by molar-refractivity contribution is -0.384. The second-order valence-electron chi connectivity index (χ2n) is 5.58. The monoisotopic (exact) mass is 400 g/mol. The Morgan fingerprint density at radius 1 is 1.14 bits per heavy atom. The van der Waals surface area contributed by atoms with E-state index in [0.29, 0.717) is 5.56 Å². The number of nitrogens with zero attached hydrogens (tertiary/aromatic N) is 1. The van der Waals surface area contributed by atoms with E-state index in [-0.39, 0.29) is 33.5 Å². The minimum absolute atomic E-state index is 0.0240. The number of nitrogens with one attached hydrogen (secondary N) is 1. The van der Waals surface area contributed by atoms with Crippen molar-refractivity contribution in [2.24, 2.45) is 0 Å². The number of nitro groups is 1. The van der Waals surface area contributed by atoms with Crippen LogP contribution in [0.1, 0.15) is 20.9 Å². The highest BCUT2D eigenvalue weighted by Gasteiger charge is 2.18. The number of hydrogen-bond donors (Lipinski definition) is 1. The summed E-state index contributed by atoms with van der Waals surface area (Å²) in [7, 11) is 1.24. The first-order chi connectivity index (χ1) is 13.4. The minimum atomic E-state index is -0.589. The first-order valence-corrected chi connectivity index (χ1v) is 8.31. The summed E-state index contributed by atoms with van der Waals surface area (Å²) >= 11 is 6.08. The van der Waals surface area contributed by atoms with Crippen molar-refractivity contribution in [1.29, 1.82) is 0 Å². The van der Waals surface area contributed by atoms with Gasteiger partial charge in [0.1, 0.15) is 5.76 Å². The fourth-order valence-electron chi connectivity index (χ4n) is 2.49. The van der Waals surface area contributed by atoms with Gasteiger partial charge in [0.25, 0.3) is 11.6 Å². The molecule has 1 amide bonds. The third-order valence-corrected chi connectivity index (χ3v) is 4.15. The molecule has 0 fully saturated rings. The van der Waals surface area contributed by atoms with Gasteiger partial charge >= 0.3 is 5.97 Å². The van der Waals surface area contributed by atoms with E-state index in [1.165, 1.54) is 43.5 Å². The summed E-state index contributed by atoms with van der Waals surface area (Å²) in [4.78, 5) is 34.5. The topological polar surface area (TPSA) is 112 Å². The van der Waals surface area contributed by atoms with Crippen LogP contribution in [0.3, 0.4) is 0 Å². The first kappa shape index (κ1) is 19.1. The van der Waals surface area contributed by atoms with Crippen molar-refractivity contribution in [1.82, 2.24) is 0 Å². The van der Waals surface area contributed by atoms with Gasteiger partial charge in [-0.05, 0) is 30.3 Å². The van der Waals surface area contributed by atoms with Crippen molar-refractivity contribution in [3.05, 3.63) is 81.1 Å². The maximum Gasteiger partial charge on any atom is 0.339 e. The predicted molar refractivity (Wildman–Crippen MR) is 102 cm³/mol. The summed E-state index contributed by atoms with van der Waals surface area (Å²) in [6.45, 7) is 0. The smallest absolute Gasteiger partial charge is 0.339 e. The molecule has 0 saturated heterocycles. The van der Waals surface area contributed by atoms with E-state index < -0.39 is 16.8 Å². The average molecular weight is 401 g/mol. The molecule has 2 aromatic carbocycles. The largest absolute Gasteiger partial charge is 0.465 e. The summed E-state index contributed by atoms with van der Waals surface area (Å²) in [5, 5.41) is 13.5. The zero-order valence-corrected chi connectivity index (χ0v) is 15.2. The lowest BCUT2D eigenvalue weighted by Gasteiger charge is -2.08. The number of methoxy groups -OCH3 is 1. The molecule has 0 atom stereocenters. The number of amides is 1. The van der Waals surface area contributed by atoms with Crippen molar-refractivity contribution in [2.45, 2.75) is 0 Å². The molecule has 142 valence electrons. The number of para-hydroxylation sites is 1. The van der Waals surface area contributed by atoms with E-state index in [2.05, 4.69) is 10.1 Å². The van der Waals surface area contributed by atoms with Gasteiger partial charge in [0.15, 0.2) is 5.76 Å². The van der Waals surface area contributed by atoms with E-state index in [1.807, 2.05) is 0 Å². The van der Waals surface area contributed by atoms with E-state index >= 15 is 0 Å². The van der Waals surface area contributed by atoms with Crippen LogP contribution in [0.4, 0.5) is 11.4 Å². The molecular formula is C19H13ClN2O6. The number of hydrogen-bond acceptors (Lipinski definition) is 6. The van der Waals surface area contributed by atoms with Gasteiger partial charge < -0.3 is 14.5 Å². The Morgan fingerprint density at radius 2 is 1.89 bits per heavy atom. The van der Waals surface area contributed by atoms with Crippen LogP contribution in [-0.2, 0) is 4.74 Å². The van der Waals surface area contributed by atoms with Gasteiger partial charge in [0.05, 0.1) is 28.3 Å². The quantitative estimate of drug-likeness (QED) is 0.382. The minimum Gasteiger partial charge on any atom is -0.465 e. The second kappa shape index (κ2) is 7.93. The van der Waals surface area contributed by atoms with Gasteiger partial charge in [-0.3, -0.25) is 14.9 Å². The summed E-state index contributed by atoms with van der Waals surface area (Å²) in [5.74, 6) is -0.926. The van der Waals surface area contributed by atoms with Crippen LogP contribution in [0.5, 0.6) is 0 Å². The molecule has 0 aliphatic carbocycles. The molecule has 0 radical (unpaired) electrons. The Bertz CT molecular complexity index is 1080. The zero-order chi connectivity index (χ0) is 20.3. The highest BCUT2D eigenvalue weighted by Crippen LogP contribution is 2.32. The summed E-state index contributed by atoms with van der Waals surface area (Å²) in [6, 6.07) is 13.3. The van der Waals surface area contributed by atoms with Crippen LogP contribution in [0, 0.1) is 10.1 Å². The van der Waals surface area contributed by atoms with E-state index in [9.17, 15) is 19.7 Å². The van der Waals surface area contributed by atoms with Crippen LogP contribution in [0.25, 0.3) is 11.3 Å². The maximum absolute atomic E-state index is 12.5. The Kier molecular flexibility index (Phi) is 5.42. The molecule has 8 nitrogen and oxygen atoms in total. The molecule has 1 aromatic heterocycles. The highest BCUT2D eigenvalue weighted by atomic mass is 35.5. The number of non-ortho nitro benzene ring substituents is 1. The van der Waals surface area contributed by atoms with Crippen LogP contribution < -0.4 is 5.32 Å². The predicted octanol–water partition coefficient (Wildman–Crippen LogP) is 4.55. The molecule has 0 spiro atoms.